The summed E-state index contributed by atoms with van der Waals surface area (Å²) in [6, 6.07) is 12.4. The minimum Gasteiger partial charge on any atom is -0.496 e. The molecule has 8 nitrogen and oxygen atoms in total. The molecule has 0 N–H and O–H groups in total. The lowest BCUT2D eigenvalue weighted by atomic mass is 9.98. The Balaban J connectivity index is 2.18. The summed E-state index contributed by atoms with van der Waals surface area (Å²) in [5, 5.41) is 0. The number of methoxy groups -OCH3 is 3. The van der Waals surface area contributed by atoms with Crippen LogP contribution in [-0.4, -0.2) is 44.0 Å². The van der Waals surface area contributed by atoms with Gasteiger partial charge in [0.25, 0.3) is 0 Å². The number of amides is 1. The molecule has 0 radical (unpaired) electrons. The fourth-order valence-electron chi connectivity index (χ4n) is 4.04. The Kier molecular flexibility index (Phi) is 8.42. The van der Waals surface area contributed by atoms with E-state index in [0.717, 1.165) is 16.9 Å². The van der Waals surface area contributed by atoms with Gasteiger partial charge in [-0.05, 0) is 64.4 Å². The van der Waals surface area contributed by atoms with Gasteiger partial charge in [-0.15, -0.1) is 0 Å². The minimum absolute atomic E-state index is 0.141. The van der Waals surface area contributed by atoms with E-state index in [2.05, 4.69) is 4.98 Å². The van der Waals surface area contributed by atoms with Crippen LogP contribution in [0.4, 0.5) is 10.5 Å². The number of rotatable bonds is 7. The van der Waals surface area contributed by atoms with Crippen LogP contribution < -0.4 is 14.4 Å². The Morgan fingerprint density at radius 1 is 0.946 bits per heavy atom. The van der Waals surface area contributed by atoms with Crippen LogP contribution in [0.3, 0.4) is 0 Å². The van der Waals surface area contributed by atoms with E-state index in [-0.39, 0.29) is 6.54 Å². The second kappa shape index (κ2) is 11.3. The highest BCUT2D eigenvalue weighted by Gasteiger charge is 2.27. The summed E-state index contributed by atoms with van der Waals surface area (Å²) < 4.78 is 21.9. The topological polar surface area (TPSA) is 87.2 Å². The summed E-state index contributed by atoms with van der Waals surface area (Å²) in [7, 11) is 4.50. The van der Waals surface area contributed by atoms with E-state index in [4.69, 9.17) is 18.9 Å². The standard InChI is InChI=1S/C29H34N2O6/c1-18-16-30-24(19(2)26(18)35-7)17-31(28(33)37-29(3,4)5)20-13-14-25(34-6)23(15-20)21-11-9-10-12-22(21)27(32)36-8/h9-16H,17H2,1-8H3. The number of ether oxygens (including phenoxy) is 4. The maximum absolute atomic E-state index is 13.5. The number of esters is 1. The predicted octanol–water partition coefficient (Wildman–Crippen LogP) is 6.11. The molecule has 0 aliphatic carbocycles. The number of hydrogen-bond donors (Lipinski definition) is 0. The van der Waals surface area contributed by atoms with Crippen LogP contribution in [-0.2, 0) is 16.0 Å². The number of hydrogen-bond acceptors (Lipinski definition) is 7. The maximum Gasteiger partial charge on any atom is 0.415 e. The van der Waals surface area contributed by atoms with Crippen molar-refractivity contribution >= 4 is 17.7 Å². The molecule has 3 rings (SSSR count). The molecule has 0 saturated heterocycles. The van der Waals surface area contributed by atoms with Crippen molar-refractivity contribution in [2.75, 3.05) is 26.2 Å². The number of aromatic nitrogens is 1. The van der Waals surface area contributed by atoms with Gasteiger partial charge in [0.1, 0.15) is 17.1 Å². The minimum atomic E-state index is -0.713. The number of nitrogens with zero attached hydrogens (tertiary/aromatic N) is 2. The normalized spacial score (nSPS) is 11.0. The third-order valence-corrected chi connectivity index (χ3v) is 5.79. The van der Waals surface area contributed by atoms with Crippen LogP contribution in [0.1, 0.15) is 48.0 Å². The quantitative estimate of drug-likeness (QED) is 0.357. The molecule has 2 aromatic carbocycles. The molecular weight excluding hydrogens is 472 g/mol. The van der Waals surface area contributed by atoms with Crippen LogP contribution in [0, 0.1) is 13.8 Å². The van der Waals surface area contributed by atoms with E-state index in [1.54, 1.807) is 50.7 Å². The van der Waals surface area contributed by atoms with Crippen LogP contribution in [0.5, 0.6) is 11.5 Å². The number of benzene rings is 2. The van der Waals surface area contributed by atoms with Gasteiger partial charge in [0.05, 0.1) is 39.1 Å². The third kappa shape index (κ3) is 6.20. The average molecular weight is 507 g/mol. The summed E-state index contributed by atoms with van der Waals surface area (Å²) in [6.07, 6.45) is 1.19. The van der Waals surface area contributed by atoms with Crippen molar-refractivity contribution in [2.45, 2.75) is 46.8 Å². The number of anilines is 1. The van der Waals surface area contributed by atoms with Gasteiger partial charge < -0.3 is 18.9 Å². The smallest absolute Gasteiger partial charge is 0.415 e. The molecule has 0 spiro atoms. The SMILES string of the molecule is COC(=O)c1ccccc1-c1cc(N(Cc2ncc(C)c(OC)c2C)C(=O)OC(C)(C)C)ccc1OC. The summed E-state index contributed by atoms with van der Waals surface area (Å²) >= 11 is 0. The van der Waals surface area contributed by atoms with Gasteiger partial charge in [-0.25, -0.2) is 9.59 Å². The lowest BCUT2D eigenvalue weighted by Gasteiger charge is -2.28. The van der Waals surface area contributed by atoms with Gasteiger partial charge >= 0.3 is 12.1 Å². The Hall–Kier alpha value is -4.07. The van der Waals surface area contributed by atoms with Gasteiger partial charge in [-0.2, -0.15) is 0 Å². The molecule has 0 aliphatic heterocycles. The van der Waals surface area contributed by atoms with E-state index in [1.807, 2.05) is 46.8 Å². The van der Waals surface area contributed by atoms with E-state index < -0.39 is 17.7 Å². The van der Waals surface area contributed by atoms with Gasteiger partial charge in [0.2, 0.25) is 0 Å². The van der Waals surface area contributed by atoms with Crippen LogP contribution in [0.25, 0.3) is 11.1 Å². The molecule has 8 heteroatoms. The number of aryl methyl sites for hydroxylation is 1. The summed E-state index contributed by atoms with van der Waals surface area (Å²) in [5.41, 5.74) is 3.86. The molecule has 1 aromatic heterocycles. The van der Waals surface area contributed by atoms with Gasteiger partial charge in [-0.3, -0.25) is 9.88 Å². The number of carbonyl (C=O) groups excluding carboxylic acids is 2. The van der Waals surface area contributed by atoms with Crippen molar-refractivity contribution in [3.05, 3.63) is 71.0 Å². The van der Waals surface area contributed by atoms with E-state index in [9.17, 15) is 9.59 Å². The lowest BCUT2D eigenvalue weighted by Crippen LogP contribution is -2.37. The first-order chi connectivity index (χ1) is 17.5. The molecule has 37 heavy (non-hydrogen) atoms. The number of carbonyl (C=O) groups is 2. The molecule has 196 valence electrons. The molecule has 0 aliphatic rings. The van der Waals surface area contributed by atoms with Crippen LogP contribution >= 0.6 is 0 Å². The van der Waals surface area contributed by atoms with Crippen molar-refractivity contribution in [2.24, 2.45) is 0 Å². The van der Waals surface area contributed by atoms with Gasteiger partial charge in [0.15, 0.2) is 0 Å². The second-order valence-electron chi connectivity index (χ2n) is 9.53. The molecule has 1 amide bonds. The lowest BCUT2D eigenvalue weighted by molar-refractivity contribution is 0.0573. The Bertz CT molecular complexity index is 1300. The fourth-order valence-corrected chi connectivity index (χ4v) is 4.04. The highest BCUT2D eigenvalue weighted by Crippen LogP contribution is 2.37. The van der Waals surface area contributed by atoms with Crippen molar-refractivity contribution in [1.82, 2.24) is 4.98 Å². The Morgan fingerprint density at radius 3 is 2.27 bits per heavy atom. The van der Waals surface area contributed by atoms with Gasteiger partial charge in [-0.1, -0.05) is 18.2 Å². The highest BCUT2D eigenvalue weighted by molar-refractivity contribution is 5.99. The molecule has 0 fully saturated rings. The molecule has 1 heterocycles. The Morgan fingerprint density at radius 2 is 1.65 bits per heavy atom. The van der Waals surface area contributed by atoms with Crippen molar-refractivity contribution < 1.29 is 28.5 Å². The molecule has 0 unspecified atom stereocenters. The maximum atomic E-state index is 13.5. The fraction of sp³-hybridized carbons (Fsp3) is 0.345. The molecular formula is C29H34N2O6. The molecule has 0 bridgehead atoms. The van der Waals surface area contributed by atoms with E-state index in [1.165, 1.54) is 12.0 Å². The van der Waals surface area contributed by atoms with Crippen LogP contribution in [0.15, 0.2) is 48.7 Å². The summed E-state index contributed by atoms with van der Waals surface area (Å²) in [6.45, 7) is 9.41. The van der Waals surface area contributed by atoms with E-state index >= 15 is 0 Å². The zero-order valence-electron chi connectivity index (χ0n) is 22.7. The first-order valence-corrected chi connectivity index (χ1v) is 11.9. The monoisotopic (exact) mass is 506 g/mol. The zero-order chi connectivity index (χ0) is 27.3. The van der Waals surface area contributed by atoms with Crippen molar-refractivity contribution in [1.29, 1.82) is 0 Å². The second-order valence-corrected chi connectivity index (χ2v) is 9.53. The highest BCUT2D eigenvalue weighted by atomic mass is 16.6. The molecule has 0 saturated carbocycles. The number of pyridine rings is 1. The summed E-state index contributed by atoms with van der Waals surface area (Å²) in [4.78, 5) is 32.0. The largest absolute Gasteiger partial charge is 0.496 e. The Labute approximate surface area is 218 Å². The predicted molar refractivity (Wildman–Crippen MR) is 142 cm³/mol. The van der Waals surface area contributed by atoms with Crippen molar-refractivity contribution in [3.8, 4) is 22.6 Å². The van der Waals surface area contributed by atoms with Crippen LogP contribution in [0.2, 0.25) is 0 Å². The average Bonchev–Trinajstić information content (AvgIpc) is 2.86. The molecule has 3 aromatic rings. The van der Waals surface area contributed by atoms with Gasteiger partial charge in [0, 0.05) is 28.6 Å². The zero-order valence-corrected chi connectivity index (χ0v) is 22.7. The third-order valence-electron chi connectivity index (χ3n) is 5.79. The summed E-state index contributed by atoms with van der Waals surface area (Å²) in [5.74, 6) is 0.783. The first kappa shape index (κ1) is 27.5. The van der Waals surface area contributed by atoms with Crippen molar-refractivity contribution in [3.63, 3.8) is 0 Å². The molecule has 0 atom stereocenters. The first-order valence-electron chi connectivity index (χ1n) is 11.9. The van der Waals surface area contributed by atoms with E-state index in [0.29, 0.717) is 33.8 Å².